The molecule has 0 spiro atoms. The number of hydrogen-bond donors (Lipinski definition) is 0. The molecule has 0 atom stereocenters. The molecule has 0 N–H and O–H groups in total. The molecular weight excluding hydrogens is 258 g/mol. The van der Waals surface area contributed by atoms with Crippen LogP contribution in [-0.4, -0.2) is 19.9 Å². The molecule has 0 aliphatic carbocycles. The number of rotatable bonds is 1. The van der Waals surface area contributed by atoms with Gasteiger partial charge in [-0.3, -0.25) is 0 Å². The standard InChI is InChI=1S/C8H3Cl3N4/c9-5-2-1-4(3-12-5)6-13-7(10)15-8(11)14-6/h1-3H. The van der Waals surface area contributed by atoms with Crippen molar-refractivity contribution in [3.63, 3.8) is 0 Å². The molecule has 0 aliphatic rings. The van der Waals surface area contributed by atoms with Crippen molar-refractivity contribution in [2.24, 2.45) is 0 Å². The number of pyridine rings is 1. The highest BCUT2D eigenvalue weighted by Crippen LogP contribution is 2.18. The lowest BCUT2D eigenvalue weighted by Gasteiger charge is -1.99. The van der Waals surface area contributed by atoms with E-state index in [1.54, 1.807) is 12.1 Å². The summed E-state index contributed by atoms with van der Waals surface area (Å²) >= 11 is 16.9. The summed E-state index contributed by atoms with van der Waals surface area (Å²) in [6.07, 6.45) is 1.53. The molecule has 0 saturated heterocycles. The largest absolute Gasteiger partial charge is 0.244 e. The topological polar surface area (TPSA) is 51.6 Å². The summed E-state index contributed by atoms with van der Waals surface area (Å²) in [6.45, 7) is 0. The summed E-state index contributed by atoms with van der Waals surface area (Å²) in [7, 11) is 0. The van der Waals surface area contributed by atoms with Crippen LogP contribution in [0, 0.1) is 0 Å². The first-order chi connectivity index (χ1) is 7.15. The van der Waals surface area contributed by atoms with Crippen LogP contribution in [0.2, 0.25) is 15.7 Å². The molecule has 0 radical (unpaired) electrons. The molecule has 2 heterocycles. The Hall–Kier alpha value is -0.970. The van der Waals surface area contributed by atoms with Crippen LogP contribution in [0.5, 0.6) is 0 Å². The van der Waals surface area contributed by atoms with Gasteiger partial charge in [-0.2, -0.15) is 15.0 Å². The minimum Gasteiger partial charge on any atom is -0.244 e. The smallest absolute Gasteiger partial charge is 0.227 e. The molecule has 0 saturated carbocycles. The minimum atomic E-state index is 0.0416. The van der Waals surface area contributed by atoms with E-state index in [-0.39, 0.29) is 10.6 Å². The van der Waals surface area contributed by atoms with Crippen molar-refractivity contribution in [3.05, 3.63) is 34.0 Å². The van der Waals surface area contributed by atoms with Gasteiger partial charge in [0.05, 0.1) is 0 Å². The Bertz CT molecular complexity index is 465. The van der Waals surface area contributed by atoms with Crippen LogP contribution in [-0.2, 0) is 0 Å². The lowest BCUT2D eigenvalue weighted by atomic mass is 10.3. The maximum absolute atomic E-state index is 5.65. The quantitative estimate of drug-likeness (QED) is 0.741. The number of hydrogen-bond acceptors (Lipinski definition) is 4. The molecule has 0 aromatic carbocycles. The zero-order valence-electron chi connectivity index (χ0n) is 7.15. The van der Waals surface area contributed by atoms with Crippen LogP contribution in [0.4, 0.5) is 0 Å². The first-order valence-corrected chi connectivity index (χ1v) is 4.97. The summed E-state index contributed by atoms with van der Waals surface area (Å²) in [6, 6.07) is 3.35. The Labute approximate surface area is 100 Å². The average molecular weight is 261 g/mol. The lowest BCUT2D eigenvalue weighted by molar-refractivity contribution is 1.05. The van der Waals surface area contributed by atoms with Crippen molar-refractivity contribution in [2.45, 2.75) is 0 Å². The molecule has 7 heteroatoms. The molecule has 0 bridgehead atoms. The maximum Gasteiger partial charge on any atom is 0.227 e. The molecule has 2 aromatic heterocycles. The van der Waals surface area contributed by atoms with Crippen LogP contribution >= 0.6 is 34.8 Å². The van der Waals surface area contributed by atoms with E-state index in [4.69, 9.17) is 34.8 Å². The van der Waals surface area contributed by atoms with Crippen LogP contribution in [0.15, 0.2) is 18.3 Å². The van der Waals surface area contributed by atoms with Crippen LogP contribution < -0.4 is 0 Å². The van der Waals surface area contributed by atoms with E-state index in [1.165, 1.54) is 6.20 Å². The third-order valence-corrected chi connectivity index (χ3v) is 2.13. The number of halogens is 3. The van der Waals surface area contributed by atoms with E-state index >= 15 is 0 Å². The summed E-state index contributed by atoms with van der Waals surface area (Å²) in [5, 5.41) is 0.477. The van der Waals surface area contributed by atoms with Gasteiger partial charge in [0.25, 0.3) is 0 Å². The van der Waals surface area contributed by atoms with E-state index in [1.807, 2.05) is 0 Å². The van der Waals surface area contributed by atoms with Gasteiger partial charge in [0.2, 0.25) is 10.6 Å². The molecule has 15 heavy (non-hydrogen) atoms. The molecular formula is C8H3Cl3N4. The fourth-order valence-corrected chi connectivity index (χ4v) is 1.44. The van der Waals surface area contributed by atoms with Crippen molar-refractivity contribution in [1.29, 1.82) is 0 Å². The predicted octanol–water partition coefficient (Wildman–Crippen LogP) is 2.89. The van der Waals surface area contributed by atoms with Crippen LogP contribution in [0.1, 0.15) is 0 Å². The predicted molar refractivity (Wildman–Crippen MR) is 58.1 cm³/mol. The second kappa shape index (κ2) is 4.26. The Morgan fingerprint density at radius 1 is 0.867 bits per heavy atom. The Morgan fingerprint density at radius 2 is 1.53 bits per heavy atom. The second-order valence-electron chi connectivity index (χ2n) is 2.57. The summed E-state index contributed by atoms with van der Waals surface area (Å²) < 4.78 is 0. The third kappa shape index (κ3) is 2.53. The monoisotopic (exact) mass is 260 g/mol. The first-order valence-electron chi connectivity index (χ1n) is 3.84. The zero-order valence-corrected chi connectivity index (χ0v) is 9.42. The fourth-order valence-electron chi connectivity index (χ4n) is 0.963. The van der Waals surface area contributed by atoms with Gasteiger partial charge < -0.3 is 0 Å². The van der Waals surface area contributed by atoms with Crippen molar-refractivity contribution in [2.75, 3.05) is 0 Å². The van der Waals surface area contributed by atoms with Crippen molar-refractivity contribution in [1.82, 2.24) is 19.9 Å². The summed E-state index contributed by atoms with van der Waals surface area (Å²) in [4.78, 5) is 15.4. The van der Waals surface area contributed by atoms with Crippen LogP contribution in [0.3, 0.4) is 0 Å². The van der Waals surface area contributed by atoms with Gasteiger partial charge in [0, 0.05) is 11.8 Å². The van der Waals surface area contributed by atoms with Crippen molar-refractivity contribution in [3.8, 4) is 11.4 Å². The van der Waals surface area contributed by atoms with Crippen LogP contribution in [0.25, 0.3) is 11.4 Å². The highest BCUT2D eigenvalue weighted by molar-refractivity contribution is 6.31. The highest BCUT2D eigenvalue weighted by Gasteiger charge is 2.05. The van der Waals surface area contributed by atoms with E-state index in [2.05, 4.69) is 19.9 Å². The SMILES string of the molecule is Clc1ccc(-c2nc(Cl)nc(Cl)n2)cn1. The van der Waals surface area contributed by atoms with Gasteiger partial charge in [0.1, 0.15) is 5.15 Å². The third-order valence-electron chi connectivity index (χ3n) is 1.57. The van der Waals surface area contributed by atoms with E-state index in [9.17, 15) is 0 Å². The van der Waals surface area contributed by atoms with E-state index in [0.717, 1.165) is 0 Å². The maximum atomic E-state index is 5.65. The van der Waals surface area contributed by atoms with Crippen molar-refractivity contribution < 1.29 is 0 Å². The Kier molecular flexibility index (Phi) is 3.00. The van der Waals surface area contributed by atoms with Gasteiger partial charge >= 0.3 is 0 Å². The molecule has 0 aliphatic heterocycles. The first kappa shape index (κ1) is 10.5. The average Bonchev–Trinajstić information content (AvgIpc) is 2.17. The molecule has 0 unspecified atom stereocenters. The fraction of sp³-hybridized carbons (Fsp3) is 0. The summed E-state index contributed by atoms with van der Waals surface area (Å²) in [5.41, 5.74) is 0.672. The van der Waals surface area contributed by atoms with Gasteiger partial charge in [-0.1, -0.05) is 11.6 Å². The highest BCUT2D eigenvalue weighted by atomic mass is 35.5. The normalized spacial score (nSPS) is 10.3. The van der Waals surface area contributed by atoms with E-state index in [0.29, 0.717) is 16.5 Å². The minimum absolute atomic E-state index is 0.0416. The van der Waals surface area contributed by atoms with Gasteiger partial charge in [-0.25, -0.2) is 4.98 Å². The zero-order chi connectivity index (χ0) is 10.8. The van der Waals surface area contributed by atoms with Gasteiger partial charge in [-0.05, 0) is 35.3 Å². The molecule has 0 amide bonds. The van der Waals surface area contributed by atoms with Gasteiger partial charge in [-0.15, -0.1) is 0 Å². The number of aromatic nitrogens is 4. The molecule has 2 rings (SSSR count). The molecule has 76 valence electrons. The lowest BCUT2D eigenvalue weighted by Crippen LogP contribution is -1.93. The molecule has 0 fully saturated rings. The second-order valence-corrected chi connectivity index (χ2v) is 3.63. The summed E-state index contributed by atoms with van der Waals surface area (Å²) in [5.74, 6) is 0.365. The van der Waals surface area contributed by atoms with Crippen molar-refractivity contribution >= 4 is 34.8 Å². The van der Waals surface area contributed by atoms with Gasteiger partial charge in [0.15, 0.2) is 5.82 Å². The molecule has 2 aromatic rings. The molecule has 4 nitrogen and oxygen atoms in total. The Balaban J connectivity index is 2.49. The number of nitrogens with zero attached hydrogens (tertiary/aromatic N) is 4. The van der Waals surface area contributed by atoms with E-state index < -0.39 is 0 Å². The Morgan fingerprint density at radius 3 is 2.07 bits per heavy atom.